The minimum absolute atomic E-state index is 0.00437. The number of rotatable bonds is 6. The Morgan fingerprint density at radius 2 is 2.11 bits per heavy atom. The number of alkyl halides is 3. The maximum atomic E-state index is 14.0. The lowest BCUT2D eigenvalue weighted by Gasteiger charge is -2.41. The van der Waals surface area contributed by atoms with Gasteiger partial charge in [-0.3, -0.25) is 4.79 Å². The molecule has 36 heavy (non-hydrogen) atoms. The normalized spacial score (nSPS) is 34.2. The van der Waals surface area contributed by atoms with Crippen molar-refractivity contribution in [3.05, 3.63) is 36.0 Å². The molecule has 0 saturated carbocycles. The smallest absolute Gasteiger partial charge is 0.379 e. The van der Waals surface area contributed by atoms with Crippen molar-refractivity contribution in [2.24, 2.45) is 23.2 Å². The van der Waals surface area contributed by atoms with Crippen molar-refractivity contribution in [2.75, 3.05) is 38.3 Å². The van der Waals surface area contributed by atoms with Crippen LogP contribution in [0.1, 0.15) is 45.1 Å². The Labute approximate surface area is 210 Å². The average Bonchev–Trinajstić information content (AvgIpc) is 3.58. The Balaban J connectivity index is 1.26. The first-order chi connectivity index (χ1) is 17.1. The van der Waals surface area contributed by atoms with Gasteiger partial charge in [-0.2, -0.15) is 13.2 Å². The summed E-state index contributed by atoms with van der Waals surface area (Å²) >= 11 is 0. The van der Waals surface area contributed by atoms with Crippen LogP contribution in [0.4, 0.5) is 19.0 Å². The van der Waals surface area contributed by atoms with E-state index in [2.05, 4.69) is 31.0 Å². The molecule has 1 amide bonds. The predicted molar refractivity (Wildman–Crippen MR) is 129 cm³/mol. The number of methoxy groups -OCH3 is 1. The topological polar surface area (TPSA) is 54.9 Å². The van der Waals surface area contributed by atoms with Crippen LogP contribution in [0, 0.1) is 23.2 Å². The van der Waals surface area contributed by atoms with Crippen molar-refractivity contribution in [3.63, 3.8) is 0 Å². The van der Waals surface area contributed by atoms with E-state index in [9.17, 15) is 18.0 Å². The summed E-state index contributed by atoms with van der Waals surface area (Å²) in [4.78, 5) is 22.2. The SMILES string of the molecule is CO[C@@H]1COCC[C@@H]1C[C@@H]1C=C[C@@](C(=O)N2C[C@@H]3C[C@H]2CN3c2cc(C(F)(F)F)ccn2)(C(C)C)C1. The van der Waals surface area contributed by atoms with Gasteiger partial charge in [-0.05, 0) is 55.6 Å². The number of carbonyl (C=O) groups is 1. The van der Waals surface area contributed by atoms with Gasteiger partial charge in [0, 0.05) is 33.0 Å². The van der Waals surface area contributed by atoms with Gasteiger partial charge in [0.05, 0.1) is 35.8 Å². The first-order valence-electron chi connectivity index (χ1n) is 13.0. The van der Waals surface area contributed by atoms with Gasteiger partial charge in [0.15, 0.2) is 0 Å². The standard InChI is InChI=1S/C27H36F3N3O3/c1-17(2)26(7-4-18(13-26)10-19-6-9-36-16-23(19)35-3)25(34)33-15-21-12-22(33)14-32(21)24-11-20(5-8-31-24)27(28,29)30/h4-5,7-8,11,17-19,21-23H,6,9-10,12-16H2,1-3H3/t18-,19+,21-,22-,23+,26-/m0/s1. The van der Waals surface area contributed by atoms with Crippen LogP contribution in [0.5, 0.6) is 0 Å². The largest absolute Gasteiger partial charge is 0.416 e. The highest BCUT2D eigenvalue weighted by molar-refractivity contribution is 5.86. The Hall–Kier alpha value is -2.13. The van der Waals surface area contributed by atoms with E-state index in [4.69, 9.17) is 9.47 Å². The monoisotopic (exact) mass is 507 g/mol. The minimum Gasteiger partial charge on any atom is -0.379 e. The molecule has 5 rings (SSSR count). The second-order valence-corrected chi connectivity index (χ2v) is 11.2. The Bertz CT molecular complexity index is 1000. The highest BCUT2D eigenvalue weighted by Gasteiger charge is 2.53. The quantitative estimate of drug-likeness (QED) is 0.529. The molecule has 0 radical (unpaired) electrons. The van der Waals surface area contributed by atoms with Crippen molar-refractivity contribution in [3.8, 4) is 0 Å². The summed E-state index contributed by atoms with van der Waals surface area (Å²) in [5.41, 5.74) is -1.23. The molecule has 198 valence electrons. The zero-order valence-electron chi connectivity index (χ0n) is 21.2. The van der Waals surface area contributed by atoms with E-state index >= 15 is 0 Å². The van der Waals surface area contributed by atoms with Gasteiger partial charge in [-0.25, -0.2) is 4.98 Å². The molecule has 3 saturated heterocycles. The average molecular weight is 508 g/mol. The molecule has 0 N–H and O–H groups in total. The van der Waals surface area contributed by atoms with E-state index in [-0.39, 0.29) is 30.0 Å². The summed E-state index contributed by atoms with van der Waals surface area (Å²) in [7, 11) is 1.74. The zero-order valence-corrected chi connectivity index (χ0v) is 21.2. The molecule has 3 fully saturated rings. The third kappa shape index (κ3) is 4.53. The lowest BCUT2D eigenvalue weighted by atomic mass is 9.72. The zero-order chi connectivity index (χ0) is 25.7. The number of pyridine rings is 1. The number of amides is 1. The minimum atomic E-state index is -4.40. The molecule has 9 heteroatoms. The summed E-state index contributed by atoms with van der Waals surface area (Å²) in [5.74, 6) is 1.40. The number of likely N-dealkylation sites (tertiary alicyclic amines) is 1. The van der Waals surface area contributed by atoms with Crippen LogP contribution in [0.15, 0.2) is 30.5 Å². The van der Waals surface area contributed by atoms with Crippen LogP contribution in [0.3, 0.4) is 0 Å². The Kier molecular flexibility index (Phi) is 6.83. The highest BCUT2D eigenvalue weighted by atomic mass is 19.4. The first-order valence-corrected chi connectivity index (χ1v) is 13.0. The molecule has 2 bridgehead atoms. The number of piperazine rings is 1. The Morgan fingerprint density at radius 1 is 1.31 bits per heavy atom. The second kappa shape index (κ2) is 9.63. The van der Waals surface area contributed by atoms with Gasteiger partial charge in [-0.15, -0.1) is 0 Å². The summed E-state index contributed by atoms with van der Waals surface area (Å²) in [6, 6.07) is 2.11. The van der Waals surface area contributed by atoms with Gasteiger partial charge in [0.2, 0.25) is 5.91 Å². The molecule has 0 aromatic carbocycles. The number of hydrogen-bond donors (Lipinski definition) is 0. The molecular weight excluding hydrogens is 471 g/mol. The summed E-state index contributed by atoms with van der Waals surface area (Å²) in [6.07, 6.45) is 4.81. The summed E-state index contributed by atoms with van der Waals surface area (Å²) < 4.78 is 50.8. The number of anilines is 1. The van der Waals surface area contributed by atoms with Crippen molar-refractivity contribution in [1.29, 1.82) is 0 Å². The molecule has 1 aromatic rings. The number of hydrogen-bond acceptors (Lipinski definition) is 5. The van der Waals surface area contributed by atoms with Crippen LogP contribution in [-0.4, -0.2) is 67.4 Å². The molecular formula is C27H36F3N3O3. The number of ether oxygens (including phenoxy) is 2. The predicted octanol–water partition coefficient (Wildman–Crippen LogP) is 4.55. The fourth-order valence-corrected chi connectivity index (χ4v) is 6.76. The molecule has 6 atom stereocenters. The third-order valence-corrected chi connectivity index (χ3v) is 8.91. The van der Waals surface area contributed by atoms with Crippen LogP contribution in [-0.2, 0) is 20.4 Å². The van der Waals surface area contributed by atoms with E-state index < -0.39 is 17.2 Å². The van der Waals surface area contributed by atoms with E-state index in [1.165, 1.54) is 6.20 Å². The molecule has 0 unspecified atom stereocenters. The van der Waals surface area contributed by atoms with Crippen LogP contribution >= 0.6 is 0 Å². The molecule has 1 aromatic heterocycles. The molecule has 3 aliphatic heterocycles. The van der Waals surface area contributed by atoms with Crippen molar-refractivity contribution < 1.29 is 27.4 Å². The van der Waals surface area contributed by atoms with Crippen LogP contribution in [0.2, 0.25) is 0 Å². The number of aromatic nitrogens is 1. The van der Waals surface area contributed by atoms with Crippen molar-refractivity contribution in [2.45, 2.75) is 63.9 Å². The van der Waals surface area contributed by atoms with Gasteiger partial charge in [0.1, 0.15) is 5.82 Å². The van der Waals surface area contributed by atoms with E-state index in [1.807, 2.05) is 9.80 Å². The van der Waals surface area contributed by atoms with Gasteiger partial charge in [0.25, 0.3) is 0 Å². The van der Waals surface area contributed by atoms with Gasteiger partial charge >= 0.3 is 6.18 Å². The maximum Gasteiger partial charge on any atom is 0.416 e. The fraction of sp³-hybridized carbons (Fsp3) is 0.704. The van der Waals surface area contributed by atoms with Crippen molar-refractivity contribution in [1.82, 2.24) is 9.88 Å². The summed E-state index contributed by atoms with van der Waals surface area (Å²) in [6.45, 7) is 6.65. The van der Waals surface area contributed by atoms with Gasteiger partial charge in [-0.1, -0.05) is 26.0 Å². The first kappa shape index (κ1) is 25.5. The van der Waals surface area contributed by atoms with E-state index in [0.29, 0.717) is 37.4 Å². The number of allylic oxidation sites excluding steroid dienone is 1. The maximum absolute atomic E-state index is 14.0. The lowest BCUT2D eigenvalue weighted by Crippen LogP contribution is -2.54. The highest BCUT2D eigenvalue weighted by Crippen LogP contribution is 2.48. The molecule has 0 spiro atoms. The van der Waals surface area contributed by atoms with Crippen molar-refractivity contribution >= 4 is 11.7 Å². The van der Waals surface area contributed by atoms with Crippen LogP contribution in [0.25, 0.3) is 0 Å². The van der Waals surface area contributed by atoms with E-state index in [0.717, 1.165) is 44.4 Å². The molecule has 6 nitrogen and oxygen atoms in total. The van der Waals surface area contributed by atoms with Gasteiger partial charge < -0.3 is 19.3 Å². The molecule has 4 heterocycles. The lowest BCUT2D eigenvalue weighted by molar-refractivity contribution is -0.143. The second-order valence-electron chi connectivity index (χ2n) is 11.2. The number of nitrogens with zero attached hydrogens (tertiary/aromatic N) is 3. The van der Waals surface area contributed by atoms with Crippen LogP contribution < -0.4 is 4.90 Å². The molecule has 4 aliphatic rings. The third-order valence-electron chi connectivity index (χ3n) is 8.91. The molecule has 1 aliphatic carbocycles. The Morgan fingerprint density at radius 3 is 2.78 bits per heavy atom. The number of fused-ring (bicyclic) bond motifs is 2. The fourth-order valence-electron chi connectivity index (χ4n) is 6.76. The number of carbonyl (C=O) groups excluding carboxylic acids is 1. The number of halogens is 3. The summed E-state index contributed by atoms with van der Waals surface area (Å²) in [5, 5.41) is 0. The van der Waals surface area contributed by atoms with E-state index in [1.54, 1.807) is 7.11 Å².